The fourth-order valence-electron chi connectivity index (χ4n) is 1.39. The number of nitrogens with one attached hydrogen (secondary N) is 1. The van der Waals surface area contributed by atoms with E-state index in [0.717, 1.165) is 4.90 Å². The average molecular weight is 302 g/mol. The molecule has 1 aromatic carbocycles. The molecule has 0 aliphatic heterocycles. The maximum Gasteiger partial charge on any atom is 0.303 e. The van der Waals surface area contributed by atoms with Crippen molar-refractivity contribution < 1.29 is 14.7 Å². The first-order chi connectivity index (χ1) is 8.97. The van der Waals surface area contributed by atoms with Crippen LogP contribution in [-0.2, 0) is 9.59 Å². The van der Waals surface area contributed by atoms with Gasteiger partial charge in [-0.2, -0.15) is 0 Å². The largest absolute Gasteiger partial charge is 0.481 e. The number of carbonyl (C=O) groups excluding carboxylic acids is 1. The number of carbonyl (C=O) groups is 2. The molecule has 1 aromatic rings. The number of aliphatic carboxylic acids is 1. The highest BCUT2D eigenvalue weighted by molar-refractivity contribution is 8.00. The lowest BCUT2D eigenvalue weighted by atomic mass is 10.1. The molecule has 19 heavy (non-hydrogen) atoms. The van der Waals surface area contributed by atoms with E-state index in [4.69, 9.17) is 16.7 Å². The Morgan fingerprint density at radius 3 is 2.58 bits per heavy atom. The minimum atomic E-state index is -0.850. The molecule has 0 bridgehead atoms. The highest BCUT2D eigenvalue weighted by atomic mass is 35.5. The van der Waals surface area contributed by atoms with Crippen molar-refractivity contribution in [2.24, 2.45) is 5.92 Å². The third-order valence-corrected chi connectivity index (χ3v) is 3.62. The molecule has 0 fully saturated rings. The lowest BCUT2D eigenvalue weighted by Crippen LogP contribution is -2.30. The van der Waals surface area contributed by atoms with Gasteiger partial charge in [-0.1, -0.05) is 18.5 Å². The second-order valence-corrected chi connectivity index (χ2v) is 5.73. The van der Waals surface area contributed by atoms with Crippen molar-refractivity contribution in [3.05, 3.63) is 29.3 Å². The first-order valence-electron chi connectivity index (χ1n) is 5.84. The molecule has 0 aliphatic rings. The van der Waals surface area contributed by atoms with E-state index in [1.165, 1.54) is 11.8 Å². The number of rotatable bonds is 7. The van der Waals surface area contributed by atoms with Gasteiger partial charge >= 0.3 is 5.97 Å². The van der Waals surface area contributed by atoms with Gasteiger partial charge in [-0.15, -0.1) is 11.8 Å². The van der Waals surface area contributed by atoms with Crippen LogP contribution in [0.15, 0.2) is 29.2 Å². The molecule has 1 rings (SSSR count). The quantitative estimate of drug-likeness (QED) is 0.760. The van der Waals surface area contributed by atoms with Crippen LogP contribution in [0, 0.1) is 5.92 Å². The molecule has 0 aromatic heterocycles. The van der Waals surface area contributed by atoms with Crippen molar-refractivity contribution in [3.8, 4) is 0 Å². The highest BCUT2D eigenvalue weighted by Crippen LogP contribution is 2.19. The summed E-state index contributed by atoms with van der Waals surface area (Å²) in [6.07, 6.45) is 0.0601. The van der Waals surface area contributed by atoms with E-state index in [1.807, 2.05) is 12.1 Å². The second-order valence-electron chi connectivity index (χ2n) is 4.25. The molecule has 2 N–H and O–H groups in total. The maximum atomic E-state index is 11.6. The lowest BCUT2D eigenvalue weighted by molar-refractivity contribution is -0.138. The first kappa shape index (κ1) is 15.9. The number of hydrogen-bond acceptors (Lipinski definition) is 3. The summed E-state index contributed by atoms with van der Waals surface area (Å²) >= 11 is 7.18. The van der Waals surface area contributed by atoms with Crippen LogP contribution >= 0.6 is 23.4 Å². The molecule has 0 heterocycles. The standard InChI is InChI=1S/C13H16ClNO3S/c1-9(6-13(17)18)7-15-12(16)8-19-11-4-2-10(14)3-5-11/h2-5,9H,6-8H2,1H3,(H,15,16)(H,17,18). The number of amides is 1. The number of thioether (sulfide) groups is 1. The number of carboxylic acids is 1. The zero-order valence-electron chi connectivity index (χ0n) is 10.6. The monoisotopic (exact) mass is 301 g/mol. The summed E-state index contributed by atoms with van der Waals surface area (Å²) in [6.45, 7) is 2.17. The third kappa shape index (κ3) is 7.08. The van der Waals surface area contributed by atoms with Crippen LogP contribution < -0.4 is 5.32 Å². The normalized spacial score (nSPS) is 11.9. The summed E-state index contributed by atoms with van der Waals surface area (Å²) in [5.41, 5.74) is 0. The van der Waals surface area contributed by atoms with Crippen LogP contribution in [0.4, 0.5) is 0 Å². The highest BCUT2D eigenvalue weighted by Gasteiger charge is 2.09. The fourth-order valence-corrected chi connectivity index (χ4v) is 2.24. The van der Waals surface area contributed by atoms with Crippen molar-refractivity contribution >= 4 is 35.2 Å². The molecule has 0 spiro atoms. The van der Waals surface area contributed by atoms with Crippen molar-refractivity contribution in [2.45, 2.75) is 18.2 Å². The van der Waals surface area contributed by atoms with Gasteiger partial charge in [0.05, 0.1) is 5.75 Å². The fraction of sp³-hybridized carbons (Fsp3) is 0.385. The summed E-state index contributed by atoms with van der Waals surface area (Å²) < 4.78 is 0. The molecule has 104 valence electrons. The number of benzene rings is 1. The molecule has 4 nitrogen and oxygen atoms in total. The molecule has 1 unspecified atom stereocenters. The van der Waals surface area contributed by atoms with Gasteiger partial charge in [-0.3, -0.25) is 9.59 Å². The van der Waals surface area contributed by atoms with Crippen molar-refractivity contribution in [1.82, 2.24) is 5.32 Å². The Labute approximate surface area is 121 Å². The Bertz CT molecular complexity index is 436. The van der Waals surface area contributed by atoms with Gasteiger partial charge in [0.1, 0.15) is 0 Å². The predicted octanol–water partition coefficient (Wildman–Crippen LogP) is 2.66. The third-order valence-electron chi connectivity index (χ3n) is 2.35. The Morgan fingerprint density at radius 2 is 2.00 bits per heavy atom. The molecule has 1 amide bonds. The summed E-state index contributed by atoms with van der Waals surface area (Å²) in [6, 6.07) is 7.26. The van der Waals surface area contributed by atoms with E-state index in [-0.39, 0.29) is 18.2 Å². The number of carboxylic acid groups (broad SMARTS) is 1. The molecule has 1 atom stereocenters. The van der Waals surface area contributed by atoms with E-state index in [0.29, 0.717) is 17.3 Å². The van der Waals surface area contributed by atoms with Crippen molar-refractivity contribution in [2.75, 3.05) is 12.3 Å². The summed E-state index contributed by atoms with van der Waals surface area (Å²) in [7, 11) is 0. The molecule has 0 radical (unpaired) electrons. The van der Waals surface area contributed by atoms with E-state index in [1.54, 1.807) is 19.1 Å². The summed E-state index contributed by atoms with van der Waals surface area (Å²) in [5, 5.41) is 12.0. The van der Waals surface area contributed by atoms with Crippen LogP contribution in [0.2, 0.25) is 5.02 Å². The minimum absolute atomic E-state index is 0.0601. The number of halogens is 1. The van der Waals surface area contributed by atoms with Crippen molar-refractivity contribution in [3.63, 3.8) is 0 Å². The summed E-state index contributed by atoms with van der Waals surface area (Å²) in [4.78, 5) is 23.0. The average Bonchev–Trinajstić information content (AvgIpc) is 2.35. The van der Waals surface area contributed by atoms with E-state index < -0.39 is 5.97 Å². The van der Waals surface area contributed by atoms with Gasteiger partial charge in [0.15, 0.2) is 0 Å². The van der Waals surface area contributed by atoms with Crippen LogP contribution in [0.25, 0.3) is 0 Å². The van der Waals surface area contributed by atoms with Gasteiger partial charge in [-0.05, 0) is 30.2 Å². The SMILES string of the molecule is CC(CNC(=O)CSc1ccc(Cl)cc1)CC(=O)O. The lowest BCUT2D eigenvalue weighted by Gasteiger charge is -2.10. The van der Waals surface area contributed by atoms with Crippen LogP contribution in [-0.4, -0.2) is 29.3 Å². The maximum absolute atomic E-state index is 11.6. The van der Waals surface area contributed by atoms with Gasteiger partial charge < -0.3 is 10.4 Å². The zero-order chi connectivity index (χ0) is 14.3. The van der Waals surface area contributed by atoms with Gasteiger partial charge in [0.2, 0.25) is 5.91 Å². The zero-order valence-corrected chi connectivity index (χ0v) is 12.1. The van der Waals surface area contributed by atoms with Crippen LogP contribution in [0.5, 0.6) is 0 Å². The van der Waals surface area contributed by atoms with E-state index in [9.17, 15) is 9.59 Å². The smallest absolute Gasteiger partial charge is 0.303 e. The summed E-state index contributed by atoms with van der Waals surface area (Å²) in [5.74, 6) is -0.710. The molecule has 6 heteroatoms. The Morgan fingerprint density at radius 1 is 1.37 bits per heavy atom. The van der Waals surface area contributed by atoms with Gasteiger partial charge in [0, 0.05) is 22.9 Å². The first-order valence-corrected chi connectivity index (χ1v) is 7.20. The molecular formula is C13H16ClNO3S. The minimum Gasteiger partial charge on any atom is -0.481 e. The van der Waals surface area contributed by atoms with Gasteiger partial charge in [-0.25, -0.2) is 0 Å². The molecular weight excluding hydrogens is 286 g/mol. The Hall–Kier alpha value is -1.20. The molecule has 0 saturated carbocycles. The Kier molecular flexibility index (Phi) is 6.73. The topological polar surface area (TPSA) is 66.4 Å². The Balaban J connectivity index is 2.24. The van der Waals surface area contributed by atoms with Crippen molar-refractivity contribution in [1.29, 1.82) is 0 Å². The number of hydrogen-bond donors (Lipinski definition) is 2. The molecule has 0 saturated heterocycles. The second kappa shape index (κ2) is 8.07. The molecule has 0 aliphatic carbocycles. The van der Waals surface area contributed by atoms with Crippen LogP contribution in [0.3, 0.4) is 0 Å². The van der Waals surface area contributed by atoms with E-state index in [2.05, 4.69) is 5.32 Å². The van der Waals surface area contributed by atoms with E-state index >= 15 is 0 Å². The van der Waals surface area contributed by atoms with Gasteiger partial charge in [0.25, 0.3) is 0 Å². The predicted molar refractivity (Wildman–Crippen MR) is 76.6 cm³/mol. The van der Waals surface area contributed by atoms with Crippen LogP contribution in [0.1, 0.15) is 13.3 Å².